The molecular weight excluding hydrogens is 118 g/mol. The molecule has 3 heteroatoms. The molecule has 0 rings (SSSR count). The molecule has 0 aromatic carbocycles. The van der Waals surface area contributed by atoms with Gasteiger partial charge >= 0.3 is 0 Å². The van der Waals surface area contributed by atoms with Crippen LogP contribution < -0.4 is 0 Å². The summed E-state index contributed by atoms with van der Waals surface area (Å²) in [5.74, 6) is 0.530. The van der Waals surface area contributed by atoms with Crippen molar-refractivity contribution in [2.45, 2.75) is 20.8 Å². The van der Waals surface area contributed by atoms with E-state index in [0.717, 1.165) is 0 Å². The first-order valence-corrected chi connectivity index (χ1v) is 2.93. The van der Waals surface area contributed by atoms with Crippen LogP contribution in [0.3, 0.4) is 0 Å². The Hall–Kier alpha value is -0.730. The maximum absolute atomic E-state index is 4.62. The molecule has 0 aliphatic heterocycles. The molecule has 0 atom stereocenters. The van der Waals surface area contributed by atoms with Crippen molar-refractivity contribution in [3.63, 3.8) is 0 Å². The standard InChI is InChI=1S/C4H9NO2.C2H6/c1-4(6-2)5-7-3;1-2/h1-3H3;1-2H3/b5-4-;. The quantitative estimate of drug-likeness (QED) is 0.309. The first-order valence-electron chi connectivity index (χ1n) is 2.93. The van der Waals surface area contributed by atoms with Gasteiger partial charge in [0.2, 0.25) is 5.90 Å². The fourth-order valence-electron chi connectivity index (χ4n) is 0.166. The fraction of sp³-hybridized carbons (Fsp3) is 0.833. The van der Waals surface area contributed by atoms with Crippen LogP contribution in [0.1, 0.15) is 20.8 Å². The summed E-state index contributed by atoms with van der Waals surface area (Å²) in [5, 5.41) is 3.44. The zero-order chi connectivity index (χ0) is 7.70. The Morgan fingerprint density at radius 3 is 1.78 bits per heavy atom. The van der Waals surface area contributed by atoms with Crippen LogP contribution in [-0.4, -0.2) is 20.1 Å². The molecule has 3 nitrogen and oxygen atoms in total. The molecule has 0 N–H and O–H groups in total. The largest absolute Gasteiger partial charge is 0.482 e. The van der Waals surface area contributed by atoms with Crippen LogP contribution in [-0.2, 0) is 9.57 Å². The molecule has 9 heavy (non-hydrogen) atoms. The van der Waals surface area contributed by atoms with Crippen molar-refractivity contribution in [2.75, 3.05) is 14.2 Å². The van der Waals surface area contributed by atoms with Gasteiger partial charge in [0.05, 0.1) is 7.11 Å². The first kappa shape index (κ1) is 11.1. The molecule has 0 aliphatic carbocycles. The Balaban J connectivity index is 0. The minimum Gasteiger partial charge on any atom is -0.482 e. The SMILES string of the molecule is CC.CO/N=C(/C)OC. The molecule has 0 bridgehead atoms. The summed E-state index contributed by atoms with van der Waals surface area (Å²) in [7, 11) is 3.01. The van der Waals surface area contributed by atoms with Gasteiger partial charge in [0.25, 0.3) is 0 Å². The van der Waals surface area contributed by atoms with E-state index in [2.05, 4.69) is 14.7 Å². The molecule has 0 saturated heterocycles. The number of nitrogens with zero attached hydrogens (tertiary/aromatic N) is 1. The lowest BCUT2D eigenvalue weighted by atomic mass is 10.8. The van der Waals surface area contributed by atoms with Crippen molar-refractivity contribution in [2.24, 2.45) is 5.16 Å². The predicted molar refractivity (Wildman–Crippen MR) is 38.5 cm³/mol. The van der Waals surface area contributed by atoms with Gasteiger partial charge in [-0.15, -0.1) is 0 Å². The second kappa shape index (κ2) is 10.3. The molecule has 0 amide bonds. The molecule has 0 saturated carbocycles. The molecule has 0 radical (unpaired) electrons. The molecule has 0 aliphatic rings. The van der Waals surface area contributed by atoms with E-state index in [1.165, 1.54) is 14.2 Å². The average Bonchev–Trinajstić information content (AvgIpc) is 1.93. The zero-order valence-electron chi connectivity index (χ0n) is 6.76. The highest BCUT2D eigenvalue weighted by molar-refractivity contribution is 5.72. The van der Waals surface area contributed by atoms with Crippen LogP contribution in [0.5, 0.6) is 0 Å². The molecule has 0 heterocycles. The average molecular weight is 133 g/mol. The van der Waals surface area contributed by atoms with Crippen LogP contribution in [0, 0.1) is 0 Å². The van der Waals surface area contributed by atoms with Crippen molar-refractivity contribution in [1.29, 1.82) is 0 Å². The summed E-state index contributed by atoms with van der Waals surface area (Å²) < 4.78 is 4.62. The Morgan fingerprint density at radius 1 is 1.22 bits per heavy atom. The highest BCUT2D eigenvalue weighted by Crippen LogP contribution is 1.75. The summed E-state index contributed by atoms with van der Waals surface area (Å²) >= 11 is 0. The van der Waals surface area contributed by atoms with Gasteiger partial charge in [-0.3, -0.25) is 0 Å². The molecule has 0 fully saturated rings. The molecule has 56 valence electrons. The zero-order valence-corrected chi connectivity index (χ0v) is 6.76. The highest BCUT2D eigenvalue weighted by atomic mass is 16.6. The lowest BCUT2D eigenvalue weighted by Gasteiger charge is -1.92. The topological polar surface area (TPSA) is 30.8 Å². The number of oxime groups is 1. The van der Waals surface area contributed by atoms with E-state index < -0.39 is 0 Å². The molecule has 0 unspecified atom stereocenters. The predicted octanol–water partition coefficient (Wildman–Crippen LogP) is 1.64. The van der Waals surface area contributed by atoms with Crippen LogP contribution in [0.15, 0.2) is 5.16 Å². The minimum absolute atomic E-state index is 0.530. The van der Waals surface area contributed by atoms with Crippen molar-refractivity contribution in [1.82, 2.24) is 0 Å². The number of methoxy groups -OCH3 is 1. The van der Waals surface area contributed by atoms with E-state index >= 15 is 0 Å². The van der Waals surface area contributed by atoms with E-state index in [1.54, 1.807) is 6.92 Å². The minimum atomic E-state index is 0.530. The van der Waals surface area contributed by atoms with E-state index in [-0.39, 0.29) is 0 Å². The Kier molecular flexibility index (Phi) is 12.7. The van der Waals surface area contributed by atoms with Crippen LogP contribution in [0.2, 0.25) is 0 Å². The number of ether oxygens (including phenoxy) is 1. The lowest BCUT2D eigenvalue weighted by Crippen LogP contribution is -1.92. The summed E-state index contributed by atoms with van der Waals surface area (Å²) in [4.78, 5) is 4.36. The van der Waals surface area contributed by atoms with Crippen molar-refractivity contribution < 1.29 is 9.57 Å². The number of hydrogen-bond donors (Lipinski definition) is 0. The van der Waals surface area contributed by atoms with Crippen molar-refractivity contribution in [3.8, 4) is 0 Å². The second-order valence-electron chi connectivity index (χ2n) is 0.997. The number of hydrogen-bond acceptors (Lipinski definition) is 3. The summed E-state index contributed by atoms with van der Waals surface area (Å²) in [6.07, 6.45) is 0. The Morgan fingerprint density at radius 2 is 1.67 bits per heavy atom. The lowest BCUT2D eigenvalue weighted by molar-refractivity contribution is 0.198. The molecule has 0 spiro atoms. The van der Waals surface area contributed by atoms with Gasteiger partial charge in [0.15, 0.2) is 0 Å². The summed E-state index contributed by atoms with van der Waals surface area (Å²) in [5.41, 5.74) is 0. The van der Waals surface area contributed by atoms with Crippen LogP contribution in [0.4, 0.5) is 0 Å². The van der Waals surface area contributed by atoms with Gasteiger partial charge in [-0.1, -0.05) is 19.0 Å². The maximum Gasteiger partial charge on any atom is 0.222 e. The van der Waals surface area contributed by atoms with Gasteiger partial charge in [-0.2, -0.15) is 0 Å². The highest BCUT2D eigenvalue weighted by Gasteiger charge is 1.79. The fourth-order valence-corrected chi connectivity index (χ4v) is 0.166. The molecular formula is C6H15NO2. The molecule has 0 aromatic rings. The Labute approximate surface area is 56.6 Å². The van der Waals surface area contributed by atoms with Gasteiger partial charge < -0.3 is 9.57 Å². The second-order valence-corrected chi connectivity index (χ2v) is 0.997. The smallest absolute Gasteiger partial charge is 0.222 e. The van der Waals surface area contributed by atoms with Gasteiger partial charge in [-0.25, -0.2) is 0 Å². The third-order valence-electron chi connectivity index (χ3n) is 0.515. The third kappa shape index (κ3) is 11.1. The number of rotatable bonds is 1. The summed E-state index contributed by atoms with van der Waals surface area (Å²) in [6.45, 7) is 5.71. The Bertz CT molecular complexity index is 71.5. The van der Waals surface area contributed by atoms with E-state index in [0.29, 0.717) is 5.90 Å². The molecule has 0 aromatic heterocycles. The van der Waals surface area contributed by atoms with Crippen LogP contribution in [0.25, 0.3) is 0 Å². The normalized spacial score (nSPS) is 9.22. The van der Waals surface area contributed by atoms with Crippen molar-refractivity contribution in [3.05, 3.63) is 0 Å². The van der Waals surface area contributed by atoms with Gasteiger partial charge in [0.1, 0.15) is 7.11 Å². The van der Waals surface area contributed by atoms with Crippen LogP contribution >= 0.6 is 0 Å². The monoisotopic (exact) mass is 133 g/mol. The van der Waals surface area contributed by atoms with E-state index in [4.69, 9.17) is 0 Å². The van der Waals surface area contributed by atoms with E-state index in [9.17, 15) is 0 Å². The van der Waals surface area contributed by atoms with E-state index in [1.807, 2.05) is 13.8 Å². The summed E-state index contributed by atoms with van der Waals surface area (Å²) in [6, 6.07) is 0. The first-order chi connectivity index (χ1) is 4.31. The van der Waals surface area contributed by atoms with Gasteiger partial charge in [0, 0.05) is 6.92 Å². The maximum atomic E-state index is 4.62. The third-order valence-corrected chi connectivity index (χ3v) is 0.515. The van der Waals surface area contributed by atoms with Gasteiger partial charge in [-0.05, 0) is 0 Å². The van der Waals surface area contributed by atoms with Crippen molar-refractivity contribution >= 4 is 5.90 Å².